The summed E-state index contributed by atoms with van der Waals surface area (Å²) in [6.45, 7) is 7.15. The van der Waals surface area contributed by atoms with Gasteiger partial charge >= 0.3 is 0 Å². The fraction of sp³-hybridized carbons (Fsp3) is 0.458. The maximum atomic E-state index is 12.5. The van der Waals surface area contributed by atoms with Gasteiger partial charge in [-0.1, -0.05) is 45.2 Å². The number of sulfonamides is 1. The molecule has 0 aliphatic heterocycles. The van der Waals surface area contributed by atoms with Gasteiger partial charge in [-0.2, -0.15) is 0 Å². The summed E-state index contributed by atoms with van der Waals surface area (Å²) in [5.74, 6) is 0.415. The van der Waals surface area contributed by atoms with Gasteiger partial charge in [0.05, 0.1) is 18.5 Å². The summed E-state index contributed by atoms with van der Waals surface area (Å²) in [5.41, 5.74) is 2.99. The van der Waals surface area contributed by atoms with E-state index in [1.54, 1.807) is 12.1 Å². The lowest BCUT2D eigenvalue weighted by atomic mass is 9.99. The van der Waals surface area contributed by atoms with E-state index in [0.29, 0.717) is 23.7 Å². The van der Waals surface area contributed by atoms with Gasteiger partial charge in [-0.05, 0) is 83.3 Å². The van der Waals surface area contributed by atoms with Crippen molar-refractivity contribution in [1.29, 1.82) is 0 Å². The van der Waals surface area contributed by atoms with Crippen LogP contribution >= 0.6 is 22.6 Å². The summed E-state index contributed by atoms with van der Waals surface area (Å²) in [6.07, 6.45) is 5.75. The first-order chi connectivity index (χ1) is 14.7. The van der Waals surface area contributed by atoms with E-state index in [-0.39, 0.29) is 12.5 Å². The van der Waals surface area contributed by atoms with Crippen molar-refractivity contribution in [2.75, 3.05) is 17.1 Å². The van der Waals surface area contributed by atoms with Crippen LogP contribution in [0.15, 0.2) is 42.5 Å². The van der Waals surface area contributed by atoms with E-state index < -0.39 is 10.0 Å². The SMILES string of the molecule is CCCC[C@@H](CC)CNC(=O)c1ccc(CN(c2ccc(I)cc2C)S(C)(=O)=O)cc1. The summed E-state index contributed by atoms with van der Waals surface area (Å²) >= 11 is 2.21. The summed E-state index contributed by atoms with van der Waals surface area (Å²) < 4.78 is 27.4. The average Bonchev–Trinajstić information content (AvgIpc) is 2.72. The second-order valence-electron chi connectivity index (χ2n) is 8.02. The van der Waals surface area contributed by atoms with Crippen molar-refractivity contribution < 1.29 is 13.2 Å². The number of hydrogen-bond donors (Lipinski definition) is 1. The molecule has 0 spiro atoms. The molecule has 0 unspecified atom stereocenters. The molecule has 0 fully saturated rings. The van der Waals surface area contributed by atoms with Gasteiger partial charge in [-0.25, -0.2) is 8.42 Å². The molecule has 0 heterocycles. The van der Waals surface area contributed by atoms with E-state index in [0.717, 1.165) is 34.0 Å². The molecule has 1 N–H and O–H groups in total. The number of nitrogens with zero attached hydrogens (tertiary/aromatic N) is 1. The number of unbranched alkanes of at least 4 members (excludes halogenated alkanes) is 1. The monoisotopic (exact) mass is 556 g/mol. The number of benzene rings is 2. The Hall–Kier alpha value is -1.61. The van der Waals surface area contributed by atoms with Crippen molar-refractivity contribution >= 4 is 44.2 Å². The molecule has 0 aliphatic carbocycles. The Morgan fingerprint density at radius 2 is 1.81 bits per heavy atom. The lowest BCUT2D eigenvalue weighted by Gasteiger charge is -2.24. The Morgan fingerprint density at radius 3 is 2.35 bits per heavy atom. The number of nitrogens with one attached hydrogen (secondary N) is 1. The van der Waals surface area contributed by atoms with Crippen molar-refractivity contribution in [3.05, 3.63) is 62.7 Å². The van der Waals surface area contributed by atoms with E-state index in [9.17, 15) is 13.2 Å². The molecule has 0 radical (unpaired) electrons. The number of halogens is 1. The van der Waals surface area contributed by atoms with Gasteiger partial charge in [0.25, 0.3) is 5.91 Å². The number of aryl methyl sites for hydroxylation is 1. The Kier molecular flexibility index (Phi) is 9.81. The standard InChI is InChI=1S/C24H33IN2O3S/c1-5-7-8-19(6-2)16-26-24(28)21-11-9-20(10-12-21)17-27(31(4,29)30)23-14-13-22(25)15-18(23)3/h9-15,19H,5-8,16-17H2,1-4H3,(H,26,28)/t19-/m1/s1. The first-order valence-corrected chi connectivity index (χ1v) is 13.7. The van der Waals surface area contributed by atoms with Crippen LogP contribution in [0.3, 0.4) is 0 Å². The van der Waals surface area contributed by atoms with Crippen LogP contribution in [0, 0.1) is 16.4 Å². The van der Waals surface area contributed by atoms with E-state index in [4.69, 9.17) is 0 Å². The number of carbonyl (C=O) groups is 1. The quantitative estimate of drug-likeness (QED) is 0.371. The Morgan fingerprint density at radius 1 is 1.13 bits per heavy atom. The second-order valence-corrected chi connectivity index (χ2v) is 11.2. The van der Waals surface area contributed by atoms with E-state index >= 15 is 0 Å². The molecule has 5 nitrogen and oxygen atoms in total. The van der Waals surface area contributed by atoms with E-state index in [2.05, 4.69) is 41.8 Å². The Labute approximate surface area is 200 Å². The number of anilines is 1. The normalized spacial score (nSPS) is 12.4. The summed E-state index contributed by atoms with van der Waals surface area (Å²) in [6, 6.07) is 12.9. The molecule has 1 atom stereocenters. The minimum Gasteiger partial charge on any atom is -0.352 e. The molecule has 2 rings (SSSR count). The zero-order valence-corrected chi connectivity index (χ0v) is 21.8. The maximum Gasteiger partial charge on any atom is 0.251 e. The van der Waals surface area contributed by atoms with E-state index in [1.807, 2.05) is 37.3 Å². The highest BCUT2D eigenvalue weighted by molar-refractivity contribution is 14.1. The third-order valence-electron chi connectivity index (χ3n) is 5.46. The van der Waals surface area contributed by atoms with Gasteiger partial charge in [-0.3, -0.25) is 9.10 Å². The van der Waals surface area contributed by atoms with Crippen LogP contribution in [-0.2, 0) is 16.6 Å². The zero-order valence-electron chi connectivity index (χ0n) is 18.8. The third kappa shape index (κ3) is 7.79. The summed E-state index contributed by atoms with van der Waals surface area (Å²) in [7, 11) is -3.46. The molecule has 0 saturated carbocycles. The molecule has 0 aliphatic rings. The summed E-state index contributed by atoms with van der Waals surface area (Å²) in [5, 5.41) is 3.04. The molecule has 2 aromatic carbocycles. The minimum absolute atomic E-state index is 0.0880. The van der Waals surface area contributed by atoms with Gasteiger partial charge < -0.3 is 5.32 Å². The molecule has 170 valence electrons. The van der Waals surface area contributed by atoms with Crippen LogP contribution < -0.4 is 9.62 Å². The van der Waals surface area contributed by atoms with Crippen LogP contribution in [0.25, 0.3) is 0 Å². The molecule has 7 heteroatoms. The highest BCUT2D eigenvalue weighted by Gasteiger charge is 2.20. The zero-order chi connectivity index (χ0) is 23.0. The molecular weight excluding hydrogens is 523 g/mol. The Balaban J connectivity index is 2.09. The van der Waals surface area contributed by atoms with E-state index in [1.165, 1.54) is 17.0 Å². The fourth-order valence-corrected chi connectivity index (χ4v) is 5.08. The molecule has 0 aromatic heterocycles. The van der Waals surface area contributed by atoms with Gasteiger partial charge in [0.15, 0.2) is 0 Å². The lowest BCUT2D eigenvalue weighted by molar-refractivity contribution is 0.0946. The summed E-state index contributed by atoms with van der Waals surface area (Å²) in [4.78, 5) is 12.5. The molecule has 0 bridgehead atoms. The molecular formula is C24H33IN2O3S. The van der Waals surface area contributed by atoms with Gasteiger partial charge in [-0.15, -0.1) is 0 Å². The smallest absolute Gasteiger partial charge is 0.251 e. The highest BCUT2D eigenvalue weighted by Crippen LogP contribution is 2.26. The van der Waals surface area contributed by atoms with Crippen LogP contribution in [0.1, 0.15) is 61.0 Å². The Bertz CT molecular complexity index is 975. The first-order valence-electron chi connectivity index (χ1n) is 10.8. The number of amides is 1. The predicted molar refractivity (Wildman–Crippen MR) is 137 cm³/mol. The fourth-order valence-electron chi connectivity index (χ4n) is 3.49. The van der Waals surface area contributed by atoms with Crippen molar-refractivity contribution in [3.63, 3.8) is 0 Å². The van der Waals surface area contributed by atoms with Crippen molar-refractivity contribution in [1.82, 2.24) is 5.32 Å². The predicted octanol–water partition coefficient (Wildman–Crippen LogP) is 5.51. The highest BCUT2D eigenvalue weighted by atomic mass is 127. The molecule has 31 heavy (non-hydrogen) atoms. The van der Waals surface area contributed by atoms with Crippen LogP contribution in [0.5, 0.6) is 0 Å². The molecule has 0 saturated heterocycles. The first kappa shape index (κ1) is 25.6. The van der Waals surface area contributed by atoms with Crippen LogP contribution in [-0.4, -0.2) is 27.1 Å². The lowest BCUT2D eigenvalue weighted by Crippen LogP contribution is -2.30. The number of rotatable bonds is 11. The van der Waals surface area contributed by atoms with Gasteiger partial charge in [0, 0.05) is 15.7 Å². The van der Waals surface area contributed by atoms with Crippen LogP contribution in [0.4, 0.5) is 5.69 Å². The molecule has 2 aromatic rings. The largest absolute Gasteiger partial charge is 0.352 e. The van der Waals surface area contributed by atoms with Gasteiger partial charge in [0.2, 0.25) is 10.0 Å². The molecule has 1 amide bonds. The number of hydrogen-bond acceptors (Lipinski definition) is 3. The van der Waals surface area contributed by atoms with Crippen LogP contribution in [0.2, 0.25) is 0 Å². The minimum atomic E-state index is -3.46. The average molecular weight is 557 g/mol. The van der Waals surface area contributed by atoms with Crippen molar-refractivity contribution in [2.24, 2.45) is 5.92 Å². The second kappa shape index (κ2) is 11.9. The maximum absolute atomic E-state index is 12.5. The van der Waals surface area contributed by atoms with Crippen molar-refractivity contribution in [3.8, 4) is 0 Å². The number of carbonyl (C=O) groups excluding carboxylic acids is 1. The van der Waals surface area contributed by atoms with Crippen molar-refractivity contribution in [2.45, 2.75) is 53.0 Å². The topological polar surface area (TPSA) is 66.5 Å². The third-order valence-corrected chi connectivity index (χ3v) is 7.26. The van der Waals surface area contributed by atoms with Gasteiger partial charge in [0.1, 0.15) is 0 Å².